The second kappa shape index (κ2) is 4.25. The van der Waals surface area contributed by atoms with Crippen LogP contribution >= 0.6 is 11.6 Å². The number of esters is 1. The van der Waals surface area contributed by atoms with Crippen molar-refractivity contribution in [3.63, 3.8) is 0 Å². The lowest BCUT2D eigenvalue weighted by Gasteiger charge is -2.12. The van der Waals surface area contributed by atoms with Crippen LogP contribution in [0.15, 0.2) is 23.1 Å². The second-order valence-corrected chi connectivity index (χ2v) is 5.74. The van der Waals surface area contributed by atoms with Gasteiger partial charge in [0.2, 0.25) is 0 Å². The van der Waals surface area contributed by atoms with Gasteiger partial charge in [-0.25, -0.2) is 12.7 Å². The van der Waals surface area contributed by atoms with Gasteiger partial charge < -0.3 is 4.74 Å². The van der Waals surface area contributed by atoms with E-state index < -0.39 is 28.4 Å². The van der Waals surface area contributed by atoms with Crippen LogP contribution in [0.25, 0.3) is 0 Å². The Morgan fingerprint density at radius 3 is 2.67 bits per heavy atom. The molecule has 0 atom stereocenters. The van der Waals surface area contributed by atoms with E-state index in [1.54, 1.807) is 0 Å². The fourth-order valence-corrected chi connectivity index (χ4v) is 3.46. The van der Waals surface area contributed by atoms with Crippen molar-refractivity contribution in [3.05, 3.63) is 28.8 Å². The van der Waals surface area contributed by atoms with E-state index in [0.29, 0.717) is 4.31 Å². The van der Waals surface area contributed by atoms with Crippen LogP contribution in [0, 0.1) is 0 Å². The van der Waals surface area contributed by atoms with E-state index in [9.17, 15) is 18.0 Å². The summed E-state index contributed by atoms with van der Waals surface area (Å²) in [6, 6.07) is 4.11. The van der Waals surface area contributed by atoms with Gasteiger partial charge in [-0.2, -0.15) is 0 Å². The predicted molar refractivity (Wildman–Crippen MR) is 61.7 cm³/mol. The molecular weight excluding hydrogens is 282 g/mol. The number of halogens is 1. The second-order valence-electron chi connectivity index (χ2n) is 3.51. The molecule has 1 aromatic rings. The SMILES string of the molecule is COC(=O)CN1C(=O)c2c(Cl)cccc2S1(=O)=O. The van der Waals surface area contributed by atoms with Crippen molar-refractivity contribution < 1.29 is 22.7 Å². The van der Waals surface area contributed by atoms with E-state index in [1.165, 1.54) is 18.2 Å². The number of fused-ring (bicyclic) bond motifs is 1. The van der Waals surface area contributed by atoms with Gasteiger partial charge in [0.25, 0.3) is 15.9 Å². The molecule has 8 heteroatoms. The summed E-state index contributed by atoms with van der Waals surface area (Å²) in [5.74, 6) is -1.64. The van der Waals surface area contributed by atoms with Crippen molar-refractivity contribution in [1.29, 1.82) is 0 Å². The van der Waals surface area contributed by atoms with Gasteiger partial charge in [-0.3, -0.25) is 9.59 Å². The zero-order valence-electron chi connectivity index (χ0n) is 9.21. The molecule has 1 aliphatic rings. The van der Waals surface area contributed by atoms with Crippen LogP contribution in [0.1, 0.15) is 10.4 Å². The molecule has 96 valence electrons. The van der Waals surface area contributed by atoms with Crippen molar-refractivity contribution in [1.82, 2.24) is 4.31 Å². The first kappa shape index (κ1) is 12.8. The molecule has 2 rings (SSSR count). The maximum atomic E-state index is 12.0. The van der Waals surface area contributed by atoms with Gasteiger partial charge >= 0.3 is 5.97 Å². The molecule has 6 nitrogen and oxygen atoms in total. The monoisotopic (exact) mass is 289 g/mol. The Morgan fingerprint density at radius 1 is 1.44 bits per heavy atom. The molecule has 1 amide bonds. The van der Waals surface area contributed by atoms with Crippen LogP contribution in [0.4, 0.5) is 0 Å². The molecule has 18 heavy (non-hydrogen) atoms. The third-order valence-electron chi connectivity index (χ3n) is 2.48. The van der Waals surface area contributed by atoms with Crippen LogP contribution in [0.3, 0.4) is 0 Å². The van der Waals surface area contributed by atoms with Gasteiger partial charge in [-0.15, -0.1) is 0 Å². The lowest BCUT2D eigenvalue weighted by Crippen LogP contribution is -2.35. The largest absolute Gasteiger partial charge is 0.468 e. The van der Waals surface area contributed by atoms with Gasteiger partial charge in [-0.1, -0.05) is 17.7 Å². The molecule has 0 saturated carbocycles. The van der Waals surface area contributed by atoms with E-state index >= 15 is 0 Å². The zero-order chi connectivity index (χ0) is 13.5. The van der Waals surface area contributed by atoms with Crippen molar-refractivity contribution in [2.45, 2.75) is 4.90 Å². The van der Waals surface area contributed by atoms with Crippen molar-refractivity contribution >= 4 is 33.5 Å². The Balaban J connectivity index is 2.55. The molecule has 0 unspecified atom stereocenters. The summed E-state index contributed by atoms with van der Waals surface area (Å²) in [7, 11) is -2.92. The summed E-state index contributed by atoms with van der Waals surface area (Å²) in [5.41, 5.74) is -0.108. The van der Waals surface area contributed by atoms with Gasteiger partial charge in [-0.05, 0) is 12.1 Å². The number of hydrogen-bond donors (Lipinski definition) is 0. The number of benzene rings is 1. The average Bonchev–Trinajstić information content (AvgIpc) is 2.51. The lowest BCUT2D eigenvalue weighted by atomic mass is 10.2. The molecule has 1 aromatic carbocycles. The number of hydrogen-bond acceptors (Lipinski definition) is 5. The minimum absolute atomic E-state index is 0.0356. The number of methoxy groups -OCH3 is 1. The van der Waals surface area contributed by atoms with Crippen LogP contribution in [0.5, 0.6) is 0 Å². The lowest BCUT2D eigenvalue weighted by molar-refractivity contribution is -0.140. The van der Waals surface area contributed by atoms with Crippen molar-refractivity contribution in [3.8, 4) is 0 Å². The molecular formula is C10H8ClNO5S. The molecule has 1 aliphatic heterocycles. The topological polar surface area (TPSA) is 80.8 Å². The van der Waals surface area contributed by atoms with Gasteiger partial charge in [0.15, 0.2) is 0 Å². The Morgan fingerprint density at radius 2 is 2.11 bits per heavy atom. The maximum absolute atomic E-state index is 12.0. The molecule has 0 saturated heterocycles. The van der Waals surface area contributed by atoms with Gasteiger partial charge in [0, 0.05) is 0 Å². The smallest absolute Gasteiger partial charge is 0.326 e. The minimum atomic E-state index is -4.02. The highest BCUT2D eigenvalue weighted by Crippen LogP contribution is 2.34. The number of amides is 1. The van der Waals surface area contributed by atoms with Gasteiger partial charge in [0.1, 0.15) is 11.4 Å². The first-order valence-electron chi connectivity index (χ1n) is 4.82. The van der Waals surface area contributed by atoms with Crippen LogP contribution in [-0.4, -0.2) is 38.3 Å². The third kappa shape index (κ3) is 1.75. The highest BCUT2D eigenvalue weighted by Gasteiger charge is 2.43. The molecule has 0 bridgehead atoms. The average molecular weight is 290 g/mol. The highest BCUT2D eigenvalue weighted by atomic mass is 35.5. The molecule has 0 fully saturated rings. The van der Waals surface area contributed by atoms with E-state index in [2.05, 4.69) is 4.74 Å². The summed E-state index contributed by atoms with van der Waals surface area (Å²) in [6.45, 7) is -0.664. The summed E-state index contributed by atoms with van der Waals surface area (Å²) in [5, 5.41) is 0.0356. The Bertz CT molecular complexity index is 640. The number of carbonyl (C=O) groups is 2. The first-order valence-corrected chi connectivity index (χ1v) is 6.64. The van der Waals surface area contributed by atoms with E-state index in [1.807, 2.05) is 0 Å². The van der Waals surface area contributed by atoms with E-state index in [-0.39, 0.29) is 15.5 Å². The Labute approximate surface area is 108 Å². The number of sulfonamides is 1. The van der Waals surface area contributed by atoms with Crippen molar-refractivity contribution in [2.24, 2.45) is 0 Å². The Hall–Kier alpha value is -1.60. The molecule has 1 heterocycles. The molecule has 0 spiro atoms. The summed E-state index contributed by atoms with van der Waals surface area (Å²) >= 11 is 5.80. The summed E-state index contributed by atoms with van der Waals surface area (Å²) in [4.78, 5) is 22.9. The van der Waals surface area contributed by atoms with Gasteiger partial charge in [0.05, 0.1) is 17.7 Å². The van der Waals surface area contributed by atoms with Crippen LogP contribution in [0.2, 0.25) is 5.02 Å². The van der Waals surface area contributed by atoms with Crippen molar-refractivity contribution in [2.75, 3.05) is 13.7 Å². The maximum Gasteiger partial charge on any atom is 0.326 e. The quantitative estimate of drug-likeness (QED) is 0.747. The highest BCUT2D eigenvalue weighted by molar-refractivity contribution is 7.90. The van der Waals surface area contributed by atoms with E-state index in [4.69, 9.17) is 11.6 Å². The molecule has 0 N–H and O–H groups in total. The fraction of sp³-hybridized carbons (Fsp3) is 0.200. The number of ether oxygens (including phenoxy) is 1. The Kier molecular flexibility index (Phi) is 3.04. The molecule has 0 aliphatic carbocycles. The molecule has 0 radical (unpaired) electrons. The number of nitrogens with zero attached hydrogens (tertiary/aromatic N) is 1. The zero-order valence-corrected chi connectivity index (χ0v) is 10.8. The number of carbonyl (C=O) groups excluding carboxylic acids is 2. The van der Waals surface area contributed by atoms with Crippen LogP contribution < -0.4 is 0 Å². The molecule has 0 aromatic heterocycles. The van der Waals surface area contributed by atoms with Crippen LogP contribution in [-0.2, 0) is 19.6 Å². The normalized spacial score (nSPS) is 16.6. The fourth-order valence-electron chi connectivity index (χ4n) is 1.62. The van der Waals surface area contributed by atoms with E-state index in [0.717, 1.165) is 7.11 Å². The summed E-state index contributed by atoms with van der Waals surface area (Å²) in [6.07, 6.45) is 0. The first-order chi connectivity index (χ1) is 8.39. The minimum Gasteiger partial charge on any atom is -0.468 e. The number of rotatable bonds is 2. The summed E-state index contributed by atoms with van der Waals surface area (Å²) < 4.78 is 28.9. The predicted octanol–water partition coefficient (Wildman–Crippen LogP) is 0.658. The standard InChI is InChI=1S/C10H8ClNO5S/c1-17-8(13)5-12-10(14)9-6(11)3-2-4-7(9)18(12,15)16/h2-4H,5H2,1H3. The third-order valence-corrected chi connectivity index (χ3v) is 4.57.